The Morgan fingerprint density at radius 1 is 1.05 bits per heavy atom. The van der Waals surface area contributed by atoms with Gasteiger partial charge in [0, 0.05) is 32.7 Å². The van der Waals surface area contributed by atoms with Gasteiger partial charge in [-0.1, -0.05) is 0 Å². The van der Waals surface area contributed by atoms with Crippen molar-refractivity contribution in [2.45, 2.75) is 43.7 Å². The first-order valence-electron chi connectivity index (χ1n) is 6.95. The molecule has 2 fully saturated rings. The maximum absolute atomic E-state index is 12.1. The van der Waals surface area contributed by atoms with Crippen LogP contribution in [0.15, 0.2) is 0 Å². The van der Waals surface area contributed by atoms with E-state index in [2.05, 4.69) is 10.6 Å². The summed E-state index contributed by atoms with van der Waals surface area (Å²) in [7, 11) is 0. The highest BCUT2D eigenvalue weighted by atomic mass is 16.5. The number of amides is 2. The second kappa shape index (κ2) is 5.97. The van der Waals surface area contributed by atoms with E-state index in [1.807, 2.05) is 6.92 Å². The van der Waals surface area contributed by atoms with Crippen molar-refractivity contribution in [1.29, 1.82) is 0 Å². The Morgan fingerprint density at radius 2 is 1.75 bits per heavy atom. The van der Waals surface area contributed by atoms with E-state index in [1.165, 1.54) is 0 Å². The summed E-state index contributed by atoms with van der Waals surface area (Å²) in [5, 5.41) is 14.8. The van der Waals surface area contributed by atoms with Crippen molar-refractivity contribution in [2.24, 2.45) is 0 Å². The first-order valence-corrected chi connectivity index (χ1v) is 6.95. The van der Waals surface area contributed by atoms with E-state index in [-0.39, 0.29) is 12.8 Å². The lowest BCUT2D eigenvalue weighted by Gasteiger charge is -2.38. The molecule has 2 saturated heterocycles. The first-order chi connectivity index (χ1) is 9.46. The second-order valence-electron chi connectivity index (χ2n) is 5.80. The molecule has 0 aromatic rings. The molecule has 7 nitrogen and oxygen atoms in total. The molecular formula is C13H22N2O5. The number of carbonyl (C=O) groups excluding carboxylic acids is 1. The molecular weight excluding hydrogens is 264 g/mol. The van der Waals surface area contributed by atoms with Crippen LogP contribution in [0.4, 0.5) is 4.79 Å². The van der Waals surface area contributed by atoms with Crippen molar-refractivity contribution in [2.75, 3.05) is 26.4 Å². The molecule has 0 bridgehead atoms. The van der Waals surface area contributed by atoms with Crippen LogP contribution in [0.3, 0.4) is 0 Å². The van der Waals surface area contributed by atoms with Crippen molar-refractivity contribution < 1.29 is 24.2 Å². The quantitative estimate of drug-likeness (QED) is 0.701. The summed E-state index contributed by atoms with van der Waals surface area (Å²) in [6, 6.07) is -0.456. The Labute approximate surface area is 118 Å². The van der Waals surface area contributed by atoms with Crippen molar-refractivity contribution in [1.82, 2.24) is 10.6 Å². The number of aliphatic carboxylic acids is 1. The maximum atomic E-state index is 12.1. The number of rotatable bonds is 3. The molecule has 0 saturated carbocycles. The van der Waals surface area contributed by atoms with Crippen LogP contribution in [0, 0.1) is 0 Å². The molecule has 0 aliphatic carbocycles. The number of carbonyl (C=O) groups is 2. The summed E-state index contributed by atoms with van der Waals surface area (Å²) in [4.78, 5) is 23.6. The van der Waals surface area contributed by atoms with Gasteiger partial charge in [0.15, 0.2) is 0 Å². The van der Waals surface area contributed by atoms with Crippen molar-refractivity contribution in [3.05, 3.63) is 0 Å². The third kappa shape index (κ3) is 3.40. The lowest BCUT2D eigenvalue weighted by atomic mass is 9.90. The van der Waals surface area contributed by atoms with Gasteiger partial charge in [0.05, 0.1) is 12.1 Å². The minimum absolute atomic E-state index is 0.281. The zero-order valence-electron chi connectivity index (χ0n) is 11.7. The number of ether oxygens (including phenoxy) is 2. The molecule has 3 N–H and O–H groups in total. The van der Waals surface area contributed by atoms with Gasteiger partial charge >= 0.3 is 12.0 Å². The van der Waals surface area contributed by atoms with Gasteiger partial charge in [-0.25, -0.2) is 9.59 Å². The largest absolute Gasteiger partial charge is 0.480 e. The third-order valence-corrected chi connectivity index (χ3v) is 3.96. The summed E-state index contributed by atoms with van der Waals surface area (Å²) in [5.41, 5.74) is -1.67. The summed E-state index contributed by atoms with van der Waals surface area (Å²) in [6.07, 6.45) is 2.27. The van der Waals surface area contributed by atoms with Crippen LogP contribution in [0.2, 0.25) is 0 Å². The Morgan fingerprint density at radius 3 is 2.30 bits per heavy atom. The topological polar surface area (TPSA) is 96.9 Å². The number of carboxylic acid groups (broad SMARTS) is 1. The van der Waals surface area contributed by atoms with Crippen molar-refractivity contribution in [3.8, 4) is 0 Å². The van der Waals surface area contributed by atoms with Gasteiger partial charge in [0.1, 0.15) is 5.54 Å². The van der Waals surface area contributed by atoms with E-state index in [9.17, 15) is 14.7 Å². The molecule has 114 valence electrons. The average molecular weight is 286 g/mol. The molecule has 2 aliphatic rings. The second-order valence-corrected chi connectivity index (χ2v) is 5.80. The summed E-state index contributed by atoms with van der Waals surface area (Å²) in [6.45, 7) is 3.74. The fourth-order valence-electron chi connectivity index (χ4n) is 2.67. The Kier molecular flexibility index (Phi) is 4.49. The number of hydrogen-bond acceptors (Lipinski definition) is 4. The van der Waals surface area contributed by atoms with Gasteiger partial charge in [0.25, 0.3) is 0 Å². The zero-order chi connectivity index (χ0) is 14.6. The first kappa shape index (κ1) is 15.1. The van der Waals surface area contributed by atoms with Gasteiger partial charge in [-0.05, 0) is 19.8 Å². The molecule has 0 spiro atoms. The number of nitrogens with one attached hydrogen (secondary N) is 2. The van der Waals surface area contributed by atoms with Crippen LogP contribution >= 0.6 is 0 Å². The molecule has 20 heavy (non-hydrogen) atoms. The monoisotopic (exact) mass is 286 g/mol. The van der Waals surface area contributed by atoms with Crippen LogP contribution in [-0.4, -0.2) is 54.6 Å². The fourth-order valence-corrected chi connectivity index (χ4v) is 2.67. The molecule has 2 rings (SSSR count). The summed E-state index contributed by atoms with van der Waals surface area (Å²) < 4.78 is 10.5. The minimum Gasteiger partial charge on any atom is -0.480 e. The van der Waals surface area contributed by atoms with E-state index in [4.69, 9.17) is 9.47 Å². The van der Waals surface area contributed by atoms with Crippen LogP contribution in [0.25, 0.3) is 0 Å². The molecule has 1 unspecified atom stereocenters. The van der Waals surface area contributed by atoms with Crippen molar-refractivity contribution in [3.63, 3.8) is 0 Å². The van der Waals surface area contributed by atoms with Crippen LogP contribution < -0.4 is 10.6 Å². The highest BCUT2D eigenvalue weighted by molar-refractivity contribution is 5.86. The van der Waals surface area contributed by atoms with Crippen molar-refractivity contribution >= 4 is 12.0 Å². The third-order valence-electron chi connectivity index (χ3n) is 3.96. The minimum atomic E-state index is -1.23. The number of hydrogen-bond donors (Lipinski definition) is 3. The smallest absolute Gasteiger partial charge is 0.329 e. The zero-order valence-corrected chi connectivity index (χ0v) is 11.7. The van der Waals surface area contributed by atoms with Crippen LogP contribution in [-0.2, 0) is 14.3 Å². The van der Waals surface area contributed by atoms with Gasteiger partial charge in [-0.15, -0.1) is 0 Å². The number of urea groups is 1. The molecule has 2 heterocycles. The van der Waals surface area contributed by atoms with E-state index in [0.717, 1.165) is 12.8 Å². The van der Waals surface area contributed by atoms with Crippen LogP contribution in [0.1, 0.15) is 32.6 Å². The van der Waals surface area contributed by atoms with E-state index in [0.29, 0.717) is 26.4 Å². The summed E-state index contributed by atoms with van der Waals surface area (Å²) >= 11 is 0. The molecule has 1 atom stereocenters. The predicted octanol–water partition coefficient (Wildman–Crippen LogP) is 0.489. The Balaban J connectivity index is 1.96. The molecule has 2 aliphatic heterocycles. The van der Waals surface area contributed by atoms with Crippen LogP contribution in [0.5, 0.6) is 0 Å². The number of carboxylic acids is 1. The van der Waals surface area contributed by atoms with Gasteiger partial charge in [0.2, 0.25) is 0 Å². The predicted molar refractivity (Wildman–Crippen MR) is 70.5 cm³/mol. The molecule has 2 amide bonds. The Bertz CT molecular complexity index is 373. The lowest BCUT2D eigenvalue weighted by Crippen LogP contribution is -2.63. The van der Waals surface area contributed by atoms with Gasteiger partial charge in [-0.2, -0.15) is 0 Å². The maximum Gasteiger partial charge on any atom is 0.329 e. The van der Waals surface area contributed by atoms with E-state index in [1.54, 1.807) is 0 Å². The average Bonchev–Trinajstić information content (AvgIpc) is 2.39. The molecule has 0 aromatic carbocycles. The molecule has 0 aromatic heterocycles. The van der Waals surface area contributed by atoms with E-state index < -0.39 is 23.1 Å². The van der Waals surface area contributed by atoms with Gasteiger partial charge < -0.3 is 25.2 Å². The normalized spacial score (nSPS) is 29.4. The highest BCUT2D eigenvalue weighted by Crippen LogP contribution is 2.22. The fraction of sp³-hybridized carbons (Fsp3) is 0.846. The van der Waals surface area contributed by atoms with E-state index >= 15 is 0 Å². The lowest BCUT2D eigenvalue weighted by molar-refractivity contribution is -0.148. The SMILES string of the molecule is CC1(NC(=O)NC2(C(=O)O)CCOCC2)CCCOC1. The molecule has 7 heteroatoms. The highest BCUT2D eigenvalue weighted by Gasteiger charge is 2.42. The van der Waals surface area contributed by atoms with Gasteiger partial charge in [-0.3, -0.25) is 0 Å². The standard InChI is InChI=1S/C13H22N2O5/c1-12(3-2-6-20-9-12)14-11(18)15-13(10(16)17)4-7-19-8-5-13/h2-9H2,1H3,(H,16,17)(H2,14,15,18). The summed E-state index contributed by atoms with van der Waals surface area (Å²) in [5.74, 6) is -1.01. The molecule has 0 radical (unpaired) electrons. The Hall–Kier alpha value is -1.34.